The molecule has 1 heterocycles. The van der Waals surface area contributed by atoms with Gasteiger partial charge in [-0.2, -0.15) is 0 Å². The first-order valence-electron chi connectivity index (χ1n) is 8.01. The Balaban J connectivity index is 1.62. The van der Waals surface area contributed by atoms with Crippen molar-refractivity contribution in [2.45, 2.75) is 61.6 Å². The molecular weight excluding hydrogens is 296 g/mol. The second-order valence-corrected chi connectivity index (χ2v) is 7.54. The number of benzene rings is 1. The normalized spacial score (nSPS) is 21.9. The molecule has 1 fully saturated rings. The molecule has 0 radical (unpaired) electrons. The number of nitrogens with one attached hydrogen (secondary N) is 2. The summed E-state index contributed by atoms with van der Waals surface area (Å²) < 4.78 is 0. The minimum Gasteiger partial charge on any atom is -0.353 e. The van der Waals surface area contributed by atoms with E-state index >= 15 is 0 Å². The predicted octanol–water partition coefficient (Wildman–Crippen LogP) is 3.11. The zero-order valence-corrected chi connectivity index (χ0v) is 13.7. The number of fused-ring (bicyclic) bond motifs is 1. The highest BCUT2D eigenvalue weighted by molar-refractivity contribution is 8.00. The van der Waals surface area contributed by atoms with Crippen LogP contribution in [0.2, 0.25) is 0 Å². The van der Waals surface area contributed by atoms with Gasteiger partial charge in [0.15, 0.2) is 0 Å². The Morgan fingerprint density at radius 2 is 2.09 bits per heavy atom. The van der Waals surface area contributed by atoms with Gasteiger partial charge in [0, 0.05) is 10.9 Å². The minimum atomic E-state index is -0.0621. The highest BCUT2D eigenvalue weighted by atomic mass is 32.2. The fourth-order valence-corrected chi connectivity index (χ4v) is 4.01. The fourth-order valence-electron chi connectivity index (χ4n) is 3.08. The highest BCUT2D eigenvalue weighted by Crippen LogP contribution is 2.36. The second-order valence-electron chi connectivity index (χ2n) is 6.16. The standard InChI is InChI=1S/C17H22N2O2S/c1-11-17(21)19-14-9-12(7-8-15(14)22-11)10-16(20)18-13-5-3-2-4-6-13/h7-9,11,13H,2-6,10H2,1H3,(H,18,20)(H,19,21). The van der Waals surface area contributed by atoms with E-state index in [9.17, 15) is 9.59 Å². The van der Waals surface area contributed by atoms with Crippen LogP contribution in [0.4, 0.5) is 5.69 Å². The van der Waals surface area contributed by atoms with Crippen LogP contribution < -0.4 is 10.6 Å². The van der Waals surface area contributed by atoms with E-state index in [4.69, 9.17) is 0 Å². The number of hydrogen-bond donors (Lipinski definition) is 2. The van der Waals surface area contributed by atoms with Crippen LogP contribution in [-0.4, -0.2) is 23.1 Å². The van der Waals surface area contributed by atoms with Gasteiger partial charge in [0.1, 0.15) is 0 Å². The number of thioether (sulfide) groups is 1. The minimum absolute atomic E-state index is 0.0290. The van der Waals surface area contributed by atoms with E-state index in [1.54, 1.807) is 11.8 Å². The van der Waals surface area contributed by atoms with E-state index in [2.05, 4.69) is 10.6 Å². The molecule has 1 saturated carbocycles. The van der Waals surface area contributed by atoms with Gasteiger partial charge in [-0.3, -0.25) is 9.59 Å². The van der Waals surface area contributed by atoms with Crippen molar-refractivity contribution >= 4 is 29.3 Å². The molecule has 3 rings (SSSR count). The van der Waals surface area contributed by atoms with Crippen LogP contribution in [0.3, 0.4) is 0 Å². The lowest BCUT2D eigenvalue weighted by molar-refractivity contribution is -0.121. The van der Waals surface area contributed by atoms with Crippen molar-refractivity contribution in [1.29, 1.82) is 0 Å². The van der Waals surface area contributed by atoms with Crippen LogP contribution in [0.1, 0.15) is 44.6 Å². The zero-order valence-electron chi connectivity index (χ0n) is 12.9. The molecule has 118 valence electrons. The van der Waals surface area contributed by atoms with Crippen LogP contribution in [0.15, 0.2) is 23.1 Å². The van der Waals surface area contributed by atoms with Crippen LogP contribution in [0.5, 0.6) is 0 Å². The molecule has 1 atom stereocenters. The topological polar surface area (TPSA) is 58.2 Å². The molecule has 22 heavy (non-hydrogen) atoms. The molecule has 1 aliphatic carbocycles. The van der Waals surface area contributed by atoms with E-state index in [1.807, 2.05) is 25.1 Å². The number of carbonyl (C=O) groups excluding carboxylic acids is 2. The molecule has 2 aliphatic rings. The summed E-state index contributed by atoms with van der Waals surface area (Å²) in [4.78, 5) is 25.0. The molecule has 1 aromatic carbocycles. The first-order chi connectivity index (χ1) is 10.6. The van der Waals surface area contributed by atoms with Gasteiger partial charge in [-0.05, 0) is 37.5 Å². The van der Waals surface area contributed by atoms with Crippen LogP contribution in [-0.2, 0) is 16.0 Å². The molecule has 1 aliphatic heterocycles. The average Bonchev–Trinajstić information content (AvgIpc) is 2.49. The highest BCUT2D eigenvalue weighted by Gasteiger charge is 2.23. The lowest BCUT2D eigenvalue weighted by atomic mass is 9.95. The van der Waals surface area contributed by atoms with Gasteiger partial charge in [0.05, 0.1) is 17.4 Å². The molecular formula is C17H22N2O2S. The number of amides is 2. The first-order valence-corrected chi connectivity index (χ1v) is 8.89. The van der Waals surface area contributed by atoms with E-state index in [0.717, 1.165) is 29.0 Å². The maximum Gasteiger partial charge on any atom is 0.237 e. The molecule has 2 N–H and O–H groups in total. The van der Waals surface area contributed by atoms with Crippen LogP contribution >= 0.6 is 11.8 Å². The van der Waals surface area contributed by atoms with Gasteiger partial charge >= 0.3 is 0 Å². The Kier molecular flexibility index (Phi) is 4.71. The van der Waals surface area contributed by atoms with Gasteiger partial charge < -0.3 is 10.6 Å². The quantitative estimate of drug-likeness (QED) is 0.900. The van der Waals surface area contributed by atoms with Crippen molar-refractivity contribution in [3.63, 3.8) is 0 Å². The van der Waals surface area contributed by atoms with Crippen molar-refractivity contribution in [1.82, 2.24) is 5.32 Å². The lowest BCUT2D eigenvalue weighted by Gasteiger charge is -2.23. The molecule has 1 unspecified atom stereocenters. The maximum absolute atomic E-state index is 12.2. The van der Waals surface area contributed by atoms with Gasteiger partial charge in [0.2, 0.25) is 11.8 Å². The Hall–Kier alpha value is -1.49. The number of carbonyl (C=O) groups is 2. The van der Waals surface area contributed by atoms with E-state index < -0.39 is 0 Å². The van der Waals surface area contributed by atoms with Crippen molar-refractivity contribution in [3.8, 4) is 0 Å². The molecule has 2 amide bonds. The van der Waals surface area contributed by atoms with Gasteiger partial charge in [-0.1, -0.05) is 25.3 Å². The molecule has 0 spiro atoms. The third-order valence-electron chi connectivity index (χ3n) is 4.31. The van der Waals surface area contributed by atoms with Crippen LogP contribution in [0, 0.1) is 0 Å². The number of hydrogen-bond acceptors (Lipinski definition) is 3. The smallest absolute Gasteiger partial charge is 0.237 e. The molecule has 5 heteroatoms. The summed E-state index contributed by atoms with van der Waals surface area (Å²) in [6, 6.07) is 6.25. The zero-order chi connectivity index (χ0) is 15.5. The summed E-state index contributed by atoms with van der Waals surface area (Å²) in [6.45, 7) is 1.90. The van der Waals surface area contributed by atoms with E-state index in [-0.39, 0.29) is 17.1 Å². The summed E-state index contributed by atoms with van der Waals surface area (Å²) >= 11 is 1.56. The Bertz CT molecular complexity index is 582. The molecule has 1 aromatic rings. The van der Waals surface area contributed by atoms with Gasteiger partial charge in [-0.15, -0.1) is 11.8 Å². The van der Waals surface area contributed by atoms with Gasteiger partial charge in [-0.25, -0.2) is 0 Å². The summed E-state index contributed by atoms with van der Waals surface area (Å²) in [5.41, 5.74) is 1.78. The Morgan fingerprint density at radius 3 is 2.86 bits per heavy atom. The number of anilines is 1. The fraction of sp³-hybridized carbons (Fsp3) is 0.529. The Labute approximate surface area is 135 Å². The molecule has 4 nitrogen and oxygen atoms in total. The SMILES string of the molecule is CC1Sc2ccc(CC(=O)NC3CCCCC3)cc2NC1=O. The van der Waals surface area contributed by atoms with Gasteiger partial charge in [0.25, 0.3) is 0 Å². The first kappa shape index (κ1) is 15.4. The van der Waals surface area contributed by atoms with Crippen molar-refractivity contribution in [3.05, 3.63) is 23.8 Å². The van der Waals surface area contributed by atoms with Crippen molar-refractivity contribution in [2.24, 2.45) is 0 Å². The summed E-state index contributed by atoms with van der Waals surface area (Å²) in [7, 11) is 0. The average molecular weight is 318 g/mol. The summed E-state index contributed by atoms with van der Waals surface area (Å²) in [6.07, 6.45) is 6.28. The third-order valence-corrected chi connectivity index (χ3v) is 5.49. The largest absolute Gasteiger partial charge is 0.353 e. The van der Waals surface area contributed by atoms with Crippen molar-refractivity contribution < 1.29 is 9.59 Å². The number of rotatable bonds is 3. The summed E-state index contributed by atoms with van der Waals surface area (Å²) in [5, 5.41) is 5.98. The second kappa shape index (κ2) is 6.73. The third kappa shape index (κ3) is 3.64. The Morgan fingerprint density at radius 1 is 1.32 bits per heavy atom. The molecule has 0 aromatic heterocycles. The summed E-state index contributed by atoms with van der Waals surface area (Å²) in [5.74, 6) is 0.108. The maximum atomic E-state index is 12.2. The van der Waals surface area contributed by atoms with E-state index in [0.29, 0.717) is 12.5 Å². The monoisotopic (exact) mass is 318 g/mol. The van der Waals surface area contributed by atoms with Crippen LogP contribution in [0.25, 0.3) is 0 Å². The molecule has 0 saturated heterocycles. The lowest BCUT2D eigenvalue weighted by Crippen LogP contribution is -2.37. The van der Waals surface area contributed by atoms with Crippen molar-refractivity contribution in [2.75, 3.05) is 5.32 Å². The van der Waals surface area contributed by atoms with E-state index in [1.165, 1.54) is 19.3 Å². The predicted molar refractivity (Wildman–Crippen MR) is 89.1 cm³/mol. The molecule has 0 bridgehead atoms.